The average molecular weight is 313 g/mol. The number of nitrogens with zero attached hydrogens (tertiary/aromatic N) is 1. The van der Waals surface area contributed by atoms with E-state index in [0.29, 0.717) is 18.7 Å². The Morgan fingerprint density at radius 1 is 1.43 bits per heavy atom. The molecule has 1 saturated heterocycles. The summed E-state index contributed by atoms with van der Waals surface area (Å²) in [6.07, 6.45) is -0.844. The van der Waals surface area contributed by atoms with E-state index in [0.717, 1.165) is 0 Å². The van der Waals surface area contributed by atoms with Crippen LogP contribution in [0.3, 0.4) is 0 Å². The van der Waals surface area contributed by atoms with Crippen molar-refractivity contribution in [1.29, 1.82) is 0 Å². The minimum absolute atomic E-state index is 0.150. The van der Waals surface area contributed by atoms with E-state index in [1.54, 1.807) is 25.1 Å². The summed E-state index contributed by atoms with van der Waals surface area (Å²) in [6.45, 7) is 7.92. The first kappa shape index (κ1) is 16.4. The van der Waals surface area contributed by atoms with Crippen LogP contribution in [-0.4, -0.2) is 42.6 Å². The highest BCUT2D eigenvalue weighted by Gasteiger charge is 2.37. The first-order chi connectivity index (χ1) is 9.62. The molecule has 0 amide bonds. The van der Waals surface area contributed by atoms with E-state index in [2.05, 4.69) is 0 Å². The van der Waals surface area contributed by atoms with Crippen molar-refractivity contribution in [2.75, 3.05) is 13.1 Å². The van der Waals surface area contributed by atoms with Crippen LogP contribution in [0, 0.1) is 0 Å². The molecule has 0 aliphatic carbocycles. The number of rotatable bonds is 3. The van der Waals surface area contributed by atoms with Gasteiger partial charge in [0.1, 0.15) is 0 Å². The fourth-order valence-corrected chi connectivity index (χ4v) is 4.38. The second kappa shape index (κ2) is 5.68. The van der Waals surface area contributed by atoms with Crippen molar-refractivity contribution in [2.24, 2.45) is 0 Å². The Morgan fingerprint density at radius 3 is 2.67 bits per heavy atom. The van der Waals surface area contributed by atoms with E-state index in [9.17, 15) is 13.5 Å². The van der Waals surface area contributed by atoms with E-state index in [1.807, 2.05) is 20.8 Å². The lowest BCUT2D eigenvalue weighted by atomic mass is 10.1. The molecular weight excluding hydrogens is 290 g/mol. The second-order valence-corrected chi connectivity index (χ2v) is 8.17. The molecule has 1 aliphatic rings. The van der Waals surface area contributed by atoms with Gasteiger partial charge >= 0.3 is 0 Å². The molecule has 1 aromatic carbocycles. The Kier molecular flexibility index (Phi) is 4.44. The van der Waals surface area contributed by atoms with Crippen molar-refractivity contribution in [3.63, 3.8) is 0 Å². The summed E-state index contributed by atoms with van der Waals surface area (Å²) in [7, 11) is -3.58. The van der Waals surface area contributed by atoms with Gasteiger partial charge in [-0.1, -0.05) is 12.1 Å². The third kappa shape index (κ3) is 3.63. The van der Waals surface area contributed by atoms with Crippen molar-refractivity contribution in [2.45, 2.75) is 50.4 Å². The maximum Gasteiger partial charge on any atom is 0.243 e. The molecule has 118 valence electrons. The molecule has 1 aliphatic heterocycles. The Bertz CT molecular complexity index is 610. The van der Waals surface area contributed by atoms with Gasteiger partial charge in [0.2, 0.25) is 10.0 Å². The average Bonchev–Trinajstić information content (AvgIpc) is 2.36. The fraction of sp³-hybridized carbons (Fsp3) is 0.600. The highest BCUT2D eigenvalue weighted by molar-refractivity contribution is 7.89. The van der Waals surface area contributed by atoms with Gasteiger partial charge in [-0.15, -0.1) is 0 Å². The van der Waals surface area contributed by atoms with Gasteiger partial charge in [-0.2, -0.15) is 4.31 Å². The quantitative estimate of drug-likeness (QED) is 0.926. The third-order valence-corrected chi connectivity index (χ3v) is 5.32. The van der Waals surface area contributed by atoms with Crippen LogP contribution in [0.2, 0.25) is 0 Å². The molecule has 2 rings (SSSR count). The van der Waals surface area contributed by atoms with Crippen LogP contribution in [0.1, 0.15) is 39.4 Å². The van der Waals surface area contributed by atoms with Crippen molar-refractivity contribution in [1.82, 2.24) is 4.31 Å². The van der Waals surface area contributed by atoms with Gasteiger partial charge < -0.3 is 9.84 Å². The van der Waals surface area contributed by atoms with Crippen molar-refractivity contribution >= 4 is 10.0 Å². The number of ether oxygens (including phenoxy) is 1. The van der Waals surface area contributed by atoms with Crippen LogP contribution >= 0.6 is 0 Å². The fourth-order valence-electron chi connectivity index (χ4n) is 2.66. The van der Waals surface area contributed by atoms with Crippen LogP contribution in [0.15, 0.2) is 29.2 Å². The van der Waals surface area contributed by atoms with E-state index in [-0.39, 0.29) is 11.0 Å². The molecular formula is C15H23NO4S. The van der Waals surface area contributed by atoms with Crippen molar-refractivity contribution < 1.29 is 18.3 Å². The lowest BCUT2D eigenvalue weighted by molar-refractivity contribution is -0.109. The standard InChI is InChI=1S/C15H23NO4S/c1-11-9-16(10-15(3,4)20-11)21(18,19)14-7-5-6-13(8-14)12(2)17/h5-8,11-12,17H,9-10H2,1-4H3. The van der Waals surface area contributed by atoms with E-state index < -0.39 is 21.7 Å². The summed E-state index contributed by atoms with van der Waals surface area (Å²) in [5.41, 5.74) is 0.0868. The van der Waals surface area contributed by atoms with Crippen LogP contribution in [-0.2, 0) is 14.8 Å². The number of benzene rings is 1. The molecule has 21 heavy (non-hydrogen) atoms. The van der Waals surface area contributed by atoms with Gasteiger partial charge in [0.15, 0.2) is 0 Å². The molecule has 1 aromatic rings. The predicted molar refractivity (Wildman–Crippen MR) is 80.5 cm³/mol. The summed E-state index contributed by atoms with van der Waals surface area (Å²) in [4.78, 5) is 0.214. The zero-order valence-electron chi connectivity index (χ0n) is 12.9. The van der Waals surface area contributed by atoms with Gasteiger partial charge in [0, 0.05) is 13.1 Å². The second-order valence-electron chi connectivity index (χ2n) is 6.23. The first-order valence-corrected chi connectivity index (χ1v) is 8.52. The smallest absolute Gasteiger partial charge is 0.243 e. The molecule has 0 bridgehead atoms. The van der Waals surface area contributed by atoms with Crippen LogP contribution in [0.25, 0.3) is 0 Å². The summed E-state index contributed by atoms with van der Waals surface area (Å²) >= 11 is 0. The van der Waals surface area contributed by atoms with E-state index >= 15 is 0 Å². The molecule has 0 radical (unpaired) electrons. The molecule has 1 fully saturated rings. The topological polar surface area (TPSA) is 66.8 Å². The summed E-state index contributed by atoms with van der Waals surface area (Å²) < 4.78 is 32.8. The zero-order valence-corrected chi connectivity index (χ0v) is 13.7. The molecule has 0 saturated carbocycles. The molecule has 2 unspecified atom stereocenters. The maximum atomic E-state index is 12.8. The molecule has 0 spiro atoms. The predicted octanol–water partition coefficient (Wildman–Crippen LogP) is 1.93. The molecule has 2 atom stereocenters. The summed E-state index contributed by atoms with van der Waals surface area (Å²) in [6, 6.07) is 6.47. The number of hydrogen-bond acceptors (Lipinski definition) is 4. The molecule has 0 aromatic heterocycles. The van der Waals surface area contributed by atoms with Crippen LogP contribution in [0.5, 0.6) is 0 Å². The Morgan fingerprint density at radius 2 is 2.10 bits per heavy atom. The Balaban J connectivity index is 2.35. The maximum absolute atomic E-state index is 12.8. The normalized spacial score (nSPS) is 24.7. The largest absolute Gasteiger partial charge is 0.389 e. The molecule has 6 heteroatoms. The van der Waals surface area contributed by atoms with Crippen LogP contribution < -0.4 is 0 Å². The number of aliphatic hydroxyl groups is 1. The summed E-state index contributed by atoms with van der Waals surface area (Å²) in [5.74, 6) is 0. The molecule has 1 heterocycles. The minimum atomic E-state index is -3.58. The van der Waals surface area contributed by atoms with Crippen LogP contribution in [0.4, 0.5) is 0 Å². The van der Waals surface area contributed by atoms with Crippen molar-refractivity contribution in [3.05, 3.63) is 29.8 Å². The summed E-state index contributed by atoms with van der Waals surface area (Å²) in [5, 5.41) is 9.62. The number of morpholine rings is 1. The monoisotopic (exact) mass is 313 g/mol. The van der Waals surface area contributed by atoms with Gasteiger partial charge in [-0.25, -0.2) is 8.42 Å². The Labute approximate surface area is 126 Å². The van der Waals surface area contributed by atoms with Gasteiger partial charge in [0.25, 0.3) is 0 Å². The van der Waals surface area contributed by atoms with Crippen molar-refractivity contribution in [3.8, 4) is 0 Å². The zero-order chi connectivity index (χ0) is 15.8. The molecule has 5 nitrogen and oxygen atoms in total. The number of aliphatic hydroxyl groups excluding tert-OH is 1. The Hall–Kier alpha value is -0.950. The van der Waals surface area contributed by atoms with Gasteiger partial charge in [-0.05, 0) is 45.4 Å². The SMILES string of the molecule is CC1CN(S(=O)(=O)c2cccc(C(C)O)c2)CC(C)(C)O1. The highest BCUT2D eigenvalue weighted by Crippen LogP contribution is 2.27. The van der Waals surface area contributed by atoms with E-state index in [1.165, 1.54) is 10.4 Å². The third-order valence-electron chi connectivity index (χ3n) is 3.52. The lowest BCUT2D eigenvalue weighted by Crippen LogP contribution is -2.53. The molecule has 1 N–H and O–H groups in total. The highest BCUT2D eigenvalue weighted by atomic mass is 32.2. The van der Waals surface area contributed by atoms with Gasteiger partial charge in [0.05, 0.1) is 22.7 Å². The lowest BCUT2D eigenvalue weighted by Gasteiger charge is -2.40. The van der Waals surface area contributed by atoms with Gasteiger partial charge in [-0.3, -0.25) is 0 Å². The first-order valence-electron chi connectivity index (χ1n) is 7.08. The number of sulfonamides is 1. The number of hydrogen-bond donors (Lipinski definition) is 1. The van der Waals surface area contributed by atoms with E-state index in [4.69, 9.17) is 4.74 Å². The minimum Gasteiger partial charge on any atom is -0.389 e.